The topological polar surface area (TPSA) is 25.8 Å². The van der Waals surface area contributed by atoms with Gasteiger partial charge >= 0.3 is 0 Å². The lowest BCUT2D eigenvalue weighted by Gasteiger charge is -2.01. The van der Waals surface area contributed by atoms with Crippen molar-refractivity contribution in [3.8, 4) is 5.30 Å². The average Bonchev–Trinajstić information content (AvgIpc) is 2.83. The first-order valence-electron chi connectivity index (χ1n) is 6.19. The van der Waals surface area contributed by atoms with Gasteiger partial charge in [-0.25, -0.2) is 0 Å². The van der Waals surface area contributed by atoms with Crippen LogP contribution < -0.4 is 0 Å². The van der Waals surface area contributed by atoms with Crippen LogP contribution in [0, 0.1) is 0 Å². The summed E-state index contributed by atoms with van der Waals surface area (Å²) in [4.78, 5) is 8.62. The Hall–Kier alpha value is -2.18. The Morgan fingerprint density at radius 1 is 0.684 bits per heavy atom. The Kier molecular flexibility index (Phi) is 2.36. The molecule has 3 heteroatoms. The predicted molar refractivity (Wildman–Crippen MR) is 81.1 cm³/mol. The van der Waals surface area contributed by atoms with Gasteiger partial charge in [-0.15, -0.1) is 0 Å². The maximum atomic E-state index is 4.31. The Balaban J connectivity index is 2.24. The molecule has 4 rings (SSSR count). The van der Waals surface area contributed by atoms with E-state index in [1.54, 1.807) is 0 Å². The van der Waals surface area contributed by atoms with Crippen molar-refractivity contribution in [2.24, 2.45) is 0 Å². The second kappa shape index (κ2) is 4.18. The highest BCUT2D eigenvalue weighted by atomic mass is 31.1. The van der Waals surface area contributed by atoms with Gasteiger partial charge in [0, 0.05) is 35.0 Å². The van der Waals surface area contributed by atoms with E-state index in [1.807, 2.05) is 24.8 Å². The average molecular weight is 262 g/mol. The van der Waals surface area contributed by atoms with Gasteiger partial charge < -0.3 is 0 Å². The fourth-order valence-electron chi connectivity index (χ4n) is 2.57. The minimum atomic E-state index is -0.497. The predicted octanol–water partition coefficient (Wildman–Crippen LogP) is 4.76. The minimum Gasteiger partial charge on any atom is -0.264 e. The third-order valence-electron chi connectivity index (χ3n) is 3.39. The number of hydrogen-bond donors (Lipinski definition) is 0. The van der Waals surface area contributed by atoms with E-state index in [-0.39, 0.29) is 0 Å². The van der Waals surface area contributed by atoms with Crippen molar-refractivity contribution >= 4 is 28.5 Å². The van der Waals surface area contributed by atoms with Gasteiger partial charge in [-0.2, -0.15) is 0 Å². The summed E-state index contributed by atoms with van der Waals surface area (Å²) in [5.74, 6) is 0. The van der Waals surface area contributed by atoms with Crippen molar-refractivity contribution in [3.63, 3.8) is 0 Å². The summed E-state index contributed by atoms with van der Waals surface area (Å²) in [5, 5.41) is 6.65. The molecule has 0 fully saturated rings. The van der Waals surface area contributed by atoms with E-state index in [0.717, 1.165) is 0 Å². The summed E-state index contributed by atoms with van der Waals surface area (Å²) in [6.45, 7) is 0. The van der Waals surface area contributed by atoms with Gasteiger partial charge in [0.25, 0.3) is 0 Å². The zero-order chi connectivity index (χ0) is 12.7. The molecule has 0 unspecified atom stereocenters. The molecule has 19 heavy (non-hydrogen) atoms. The molecule has 0 amide bonds. The van der Waals surface area contributed by atoms with Crippen LogP contribution in [0.25, 0.3) is 26.3 Å². The molecule has 0 aliphatic heterocycles. The fourth-order valence-corrected chi connectivity index (χ4v) is 5.09. The number of benzene rings is 1. The number of hydrogen-bond acceptors (Lipinski definition) is 2. The summed E-state index contributed by atoms with van der Waals surface area (Å²) >= 11 is 0. The smallest absolute Gasteiger partial charge is 0.0389 e. The summed E-state index contributed by atoms with van der Waals surface area (Å²) in [6.07, 6.45) is 7.75. The zero-order valence-corrected chi connectivity index (χ0v) is 11.1. The molecule has 0 aliphatic rings. The molecular formula is C16H11N2P. The molecule has 4 aromatic rings. The van der Waals surface area contributed by atoms with Crippen molar-refractivity contribution in [2.45, 2.75) is 0 Å². The third-order valence-corrected chi connectivity index (χ3v) is 5.88. The van der Waals surface area contributed by atoms with Gasteiger partial charge in [-0.3, -0.25) is 9.97 Å². The number of nitrogens with zero attached hydrogens (tertiary/aromatic N) is 2. The Bertz CT molecular complexity index is 812. The largest absolute Gasteiger partial charge is 0.264 e. The second-order valence-corrected chi connectivity index (χ2v) is 6.61. The van der Waals surface area contributed by atoms with Gasteiger partial charge in [0.2, 0.25) is 0 Å². The van der Waals surface area contributed by atoms with Crippen molar-refractivity contribution in [1.29, 1.82) is 0 Å². The van der Waals surface area contributed by atoms with Crippen LogP contribution in [0.2, 0.25) is 0 Å². The lowest BCUT2D eigenvalue weighted by molar-refractivity contribution is 1.37. The van der Waals surface area contributed by atoms with E-state index in [1.165, 1.54) is 26.3 Å². The Labute approximate surface area is 111 Å². The van der Waals surface area contributed by atoms with Crippen molar-refractivity contribution in [2.75, 3.05) is 0 Å². The van der Waals surface area contributed by atoms with E-state index in [2.05, 4.69) is 52.4 Å². The molecule has 90 valence electrons. The van der Waals surface area contributed by atoms with Gasteiger partial charge in [-0.1, -0.05) is 37.9 Å². The monoisotopic (exact) mass is 262 g/mol. The quantitative estimate of drug-likeness (QED) is 0.494. The van der Waals surface area contributed by atoms with Crippen LogP contribution in [0.4, 0.5) is 0 Å². The zero-order valence-electron chi connectivity index (χ0n) is 10.2. The number of aromatic nitrogens is 2. The minimum absolute atomic E-state index is 0.497. The Morgan fingerprint density at radius 3 is 1.84 bits per heavy atom. The second-order valence-electron chi connectivity index (χ2n) is 4.46. The molecule has 0 N–H and O–H groups in total. The first kappa shape index (κ1) is 10.7. The number of rotatable bonds is 1. The lowest BCUT2D eigenvalue weighted by atomic mass is 10.2. The van der Waals surface area contributed by atoms with Crippen LogP contribution in [0.15, 0.2) is 67.3 Å². The fraction of sp³-hybridized carbons (Fsp3) is 0. The standard InChI is InChI=1S/C16H11N2P/c1-2-4-12(5-3-1)19-15-10-17-8-6-13(15)14-7-9-18-11-16(14)19/h1-11H. The molecule has 2 nitrogen and oxygen atoms in total. The van der Waals surface area contributed by atoms with Gasteiger partial charge in [0.15, 0.2) is 0 Å². The Morgan fingerprint density at radius 2 is 1.26 bits per heavy atom. The maximum Gasteiger partial charge on any atom is 0.0389 e. The van der Waals surface area contributed by atoms with Crippen LogP contribution in [-0.2, 0) is 0 Å². The number of fused-ring (bicyclic) bond motifs is 3. The van der Waals surface area contributed by atoms with E-state index in [9.17, 15) is 0 Å². The third kappa shape index (κ3) is 1.57. The van der Waals surface area contributed by atoms with Crippen molar-refractivity contribution < 1.29 is 0 Å². The van der Waals surface area contributed by atoms with Crippen LogP contribution in [-0.4, -0.2) is 9.97 Å². The number of pyridine rings is 2. The van der Waals surface area contributed by atoms with Crippen LogP contribution in [0.3, 0.4) is 0 Å². The first-order chi connectivity index (χ1) is 9.45. The molecule has 1 aromatic carbocycles. The van der Waals surface area contributed by atoms with E-state index >= 15 is 0 Å². The van der Waals surface area contributed by atoms with Gasteiger partial charge in [-0.05, 0) is 28.2 Å². The van der Waals surface area contributed by atoms with Crippen LogP contribution in [0.1, 0.15) is 0 Å². The molecule has 3 aromatic heterocycles. The summed E-state index contributed by atoms with van der Waals surface area (Å²) in [5.41, 5.74) is 0. The van der Waals surface area contributed by atoms with Crippen molar-refractivity contribution in [3.05, 3.63) is 67.3 Å². The lowest BCUT2D eigenvalue weighted by Crippen LogP contribution is -1.69. The van der Waals surface area contributed by atoms with Gasteiger partial charge in [0.1, 0.15) is 0 Å². The summed E-state index contributed by atoms with van der Waals surface area (Å²) in [6, 6.07) is 14.9. The highest BCUT2D eigenvalue weighted by Gasteiger charge is 2.12. The normalized spacial score (nSPS) is 11.2. The van der Waals surface area contributed by atoms with E-state index < -0.39 is 7.53 Å². The molecule has 0 saturated carbocycles. The molecule has 0 atom stereocenters. The van der Waals surface area contributed by atoms with E-state index in [0.29, 0.717) is 0 Å². The molecule has 0 saturated heterocycles. The molecular weight excluding hydrogens is 251 g/mol. The molecule has 0 aliphatic carbocycles. The molecule has 0 bridgehead atoms. The maximum absolute atomic E-state index is 4.31. The van der Waals surface area contributed by atoms with Crippen molar-refractivity contribution in [1.82, 2.24) is 9.97 Å². The molecule has 3 heterocycles. The summed E-state index contributed by atoms with van der Waals surface area (Å²) in [7, 11) is -0.497. The highest BCUT2D eigenvalue weighted by Crippen LogP contribution is 2.54. The molecule has 0 radical (unpaired) electrons. The van der Waals surface area contributed by atoms with Crippen LogP contribution in [0.5, 0.6) is 0 Å². The van der Waals surface area contributed by atoms with Gasteiger partial charge in [0.05, 0.1) is 0 Å². The summed E-state index contributed by atoms with van der Waals surface area (Å²) < 4.78 is 0. The van der Waals surface area contributed by atoms with Crippen LogP contribution >= 0.6 is 7.53 Å². The first-order valence-corrected chi connectivity index (χ1v) is 7.53. The SMILES string of the molecule is c1ccc(-p2c3cnccc3c3ccncc32)cc1. The van der Waals surface area contributed by atoms with E-state index in [4.69, 9.17) is 0 Å². The molecule has 0 spiro atoms. The highest BCUT2D eigenvalue weighted by molar-refractivity contribution is 7.67.